The molecule has 2 aliphatic heterocycles. The number of benzene rings is 2. The number of nitrogens with one attached hydrogen (secondary N) is 1. The maximum absolute atomic E-state index is 14.1. The Balaban J connectivity index is 1.41. The maximum Gasteiger partial charge on any atom is 0.410 e. The van der Waals surface area contributed by atoms with Gasteiger partial charge in [-0.2, -0.15) is 5.26 Å². The predicted octanol–water partition coefficient (Wildman–Crippen LogP) is 6.71. The lowest BCUT2D eigenvalue weighted by molar-refractivity contribution is -0.120. The van der Waals surface area contributed by atoms with Crippen LogP contribution in [0.25, 0.3) is 11.5 Å². The number of rotatable bonds is 5. The van der Waals surface area contributed by atoms with E-state index < -0.39 is 34.8 Å². The van der Waals surface area contributed by atoms with Gasteiger partial charge in [-0.05, 0) is 90.3 Å². The van der Waals surface area contributed by atoms with Crippen LogP contribution in [0.2, 0.25) is 5.02 Å². The highest BCUT2D eigenvalue weighted by Gasteiger charge is 2.43. The van der Waals surface area contributed by atoms with Crippen LogP contribution in [0.1, 0.15) is 65.8 Å². The Labute approximate surface area is 289 Å². The number of nitriles is 1. The molecule has 48 heavy (non-hydrogen) atoms. The fraction of sp³-hybridized carbons (Fsp3) is 0.471. The van der Waals surface area contributed by atoms with Gasteiger partial charge in [-0.25, -0.2) is 9.59 Å². The van der Waals surface area contributed by atoms with Crippen molar-refractivity contribution in [3.05, 3.63) is 58.9 Å². The van der Waals surface area contributed by atoms with E-state index in [4.69, 9.17) is 25.5 Å². The van der Waals surface area contributed by atoms with E-state index in [9.17, 15) is 19.6 Å². The first-order chi connectivity index (χ1) is 22.6. The SMILES string of the molecule is CC(C)(C)OC(=O)N[C@H]1CSc2ccc(-c3nnc(C4(C#N)CCN(C(=O)OC(C)(C)C)CC4)o3)cc2N(Cc2ccc(Cl)cc2)C1=O. The van der Waals surface area contributed by atoms with Crippen molar-refractivity contribution in [1.82, 2.24) is 20.4 Å². The van der Waals surface area contributed by atoms with Crippen LogP contribution in [-0.2, 0) is 26.2 Å². The summed E-state index contributed by atoms with van der Waals surface area (Å²) in [5, 5.41) is 22.1. The number of likely N-dealkylation sites (tertiary alicyclic amines) is 1. The predicted molar refractivity (Wildman–Crippen MR) is 181 cm³/mol. The van der Waals surface area contributed by atoms with Gasteiger partial charge in [0.2, 0.25) is 11.8 Å². The lowest BCUT2D eigenvalue weighted by atomic mass is 9.80. The van der Waals surface area contributed by atoms with Gasteiger partial charge in [-0.3, -0.25) is 4.79 Å². The first-order valence-electron chi connectivity index (χ1n) is 15.6. The summed E-state index contributed by atoms with van der Waals surface area (Å²) in [6, 6.07) is 14.2. The maximum atomic E-state index is 14.1. The van der Waals surface area contributed by atoms with Crippen molar-refractivity contribution < 1.29 is 28.3 Å². The largest absolute Gasteiger partial charge is 0.444 e. The summed E-state index contributed by atoms with van der Waals surface area (Å²) in [6.45, 7) is 11.5. The number of alkyl carbamates (subject to hydrolysis) is 1. The summed E-state index contributed by atoms with van der Waals surface area (Å²) >= 11 is 7.56. The number of thioether (sulfide) groups is 1. The minimum atomic E-state index is -1.07. The van der Waals surface area contributed by atoms with Crippen LogP contribution in [0.5, 0.6) is 0 Å². The third-order valence-electron chi connectivity index (χ3n) is 7.73. The number of carbonyl (C=O) groups excluding carboxylic acids is 3. The quantitative estimate of drug-likeness (QED) is 0.305. The van der Waals surface area contributed by atoms with Gasteiger partial charge in [0.15, 0.2) is 0 Å². The van der Waals surface area contributed by atoms with Crippen LogP contribution in [-0.4, -0.2) is 69.3 Å². The van der Waals surface area contributed by atoms with Crippen molar-refractivity contribution in [2.24, 2.45) is 0 Å². The highest BCUT2D eigenvalue weighted by atomic mass is 35.5. The molecule has 1 N–H and O–H groups in total. The van der Waals surface area contributed by atoms with Crippen LogP contribution in [0.4, 0.5) is 15.3 Å². The van der Waals surface area contributed by atoms with Crippen LogP contribution >= 0.6 is 23.4 Å². The van der Waals surface area contributed by atoms with Crippen LogP contribution < -0.4 is 10.2 Å². The second-order valence-electron chi connectivity index (χ2n) is 13.8. The van der Waals surface area contributed by atoms with E-state index in [1.54, 1.807) is 48.8 Å². The van der Waals surface area contributed by atoms with Gasteiger partial charge in [0.1, 0.15) is 22.7 Å². The van der Waals surface area contributed by atoms with E-state index >= 15 is 0 Å². The van der Waals surface area contributed by atoms with Gasteiger partial charge in [0, 0.05) is 34.3 Å². The minimum Gasteiger partial charge on any atom is -0.444 e. The third-order valence-corrected chi connectivity index (χ3v) is 9.14. The zero-order valence-electron chi connectivity index (χ0n) is 27.8. The highest BCUT2D eigenvalue weighted by Crippen LogP contribution is 2.40. The summed E-state index contributed by atoms with van der Waals surface area (Å²) in [5.41, 5.74) is -0.428. The zero-order valence-corrected chi connectivity index (χ0v) is 29.4. The molecule has 0 radical (unpaired) electrons. The first-order valence-corrected chi connectivity index (χ1v) is 17.0. The van der Waals surface area contributed by atoms with Crippen molar-refractivity contribution in [2.75, 3.05) is 23.7 Å². The highest BCUT2D eigenvalue weighted by molar-refractivity contribution is 7.99. The average Bonchev–Trinajstić information content (AvgIpc) is 3.48. The molecule has 12 nitrogen and oxygen atoms in total. The molecule has 0 spiro atoms. The van der Waals surface area contributed by atoms with E-state index in [2.05, 4.69) is 21.6 Å². The number of amides is 3. The molecule has 1 fully saturated rings. The number of hydrogen-bond acceptors (Lipinski definition) is 10. The third kappa shape index (κ3) is 8.22. The normalized spacial score (nSPS) is 18.0. The van der Waals surface area contributed by atoms with Crippen molar-refractivity contribution >= 4 is 47.1 Å². The fourth-order valence-electron chi connectivity index (χ4n) is 5.33. The van der Waals surface area contributed by atoms with Crippen molar-refractivity contribution in [2.45, 2.75) is 88.5 Å². The molecular formula is C34H39ClN6O6S. The molecule has 254 valence electrons. The second kappa shape index (κ2) is 13.7. The van der Waals surface area contributed by atoms with Gasteiger partial charge in [0.05, 0.1) is 18.3 Å². The molecule has 2 aromatic carbocycles. The molecule has 5 rings (SSSR count). The molecule has 3 amide bonds. The number of hydrogen-bond donors (Lipinski definition) is 1. The van der Waals surface area contributed by atoms with Crippen LogP contribution in [0.3, 0.4) is 0 Å². The molecule has 14 heteroatoms. The molecule has 1 saturated heterocycles. The molecule has 1 aromatic heterocycles. The van der Waals surface area contributed by atoms with E-state index in [1.165, 1.54) is 11.8 Å². The van der Waals surface area contributed by atoms with Crippen LogP contribution in [0.15, 0.2) is 51.8 Å². The molecular weight excluding hydrogens is 656 g/mol. The second-order valence-corrected chi connectivity index (χ2v) is 15.3. The fourth-order valence-corrected chi connectivity index (χ4v) is 6.51. The van der Waals surface area contributed by atoms with Gasteiger partial charge in [-0.1, -0.05) is 23.7 Å². The molecule has 2 aliphatic rings. The van der Waals surface area contributed by atoms with Crippen molar-refractivity contribution in [3.8, 4) is 17.5 Å². The zero-order chi connectivity index (χ0) is 34.9. The van der Waals surface area contributed by atoms with E-state index in [0.29, 0.717) is 42.2 Å². The van der Waals surface area contributed by atoms with Gasteiger partial charge < -0.3 is 29.0 Å². The Morgan fingerprint density at radius 2 is 1.73 bits per heavy atom. The van der Waals surface area contributed by atoms with E-state index in [0.717, 1.165) is 10.5 Å². The Morgan fingerprint density at radius 1 is 1.06 bits per heavy atom. The Morgan fingerprint density at radius 3 is 2.35 bits per heavy atom. The number of ether oxygens (including phenoxy) is 2. The standard InChI is InChI=1S/C34H39ClN6O6S/c1-32(2,3)46-30(43)37-24-19-48-26-12-9-22(17-25(26)41(28(24)42)18-21-7-10-23(35)11-8-21)27-38-39-29(45-27)34(20-36)13-15-40(16-14-34)31(44)47-33(4,5)6/h7-12,17,24H,13-16,18-19H2,1-6H3,(H,37,43)/t24-/m0/s1. The number of aromatic nitrogens is 2. The van der Waals surface area contributed by atoms with E-state index in [-0.39, 0.29) is 30.0 Å². The molecule has 0 aliphatic carbocycles. The van der Waals surface area contributed by atoms with Crippen molar-refractivity contribution in [1.29, 1.82) is 5.26 Å². The molecule has 0 saturated carbocycles. The molecule has 0 bridgehead atoms. The smallest absolute Gasteiger partial charge is 0.410 e. The first kappa shape index (κ1) is 35.0. The number of carbonyl (C=O) groups is 3. The minimum absolute atomic E-state index is 0.170. The topological polar surface area (TPSA) is 151 Å². The van der Waals surface area contributed by atoms with Gasteiger partial charge in [0.25, 0.3) is 5.91 Å². The number of fused-ring (bicyclic) bond motifs is 1. The average molecular weight is 695 g/mol. The van der Waals surface area contributed by atoms with Crippen molar-refractivity contribution in [3.63, 3.8) is 0 Å². The summed E-state index contributed by atoms with van der Waals surface area (Å²) in [7, 11) is 0. The monoisotopic (exact) mass is 694 g/mol. The summed E-state index contributed by atoms with van der Waals surface area (Å²) in [5.74, 6) is 0.333. The molecule has 1 atom stereocenters. The molecule has 3 aromatic rings. The lowest BCUT2D eigenvalue weighted by Crippen LogP contribution is -2.50. The number of nitrogens with zero attached hydrogens (tertiary/aromatic N) is 5. The number of halogens is 1. The Hall–Kier alpha value is -4.28. The Bertz CT molecular complexity index is 1720. The molecule has 3 heterocycles. The number of piperidine rings is 1. The van der Waals surface area contributed by atoms with E-state index in [1.807, 2.05) is 45.0 Å². The van der Waals surface area contributed by atoms with Gasteiger partial charge in [-0.15, -0.1) is 22.0 Å². The molecule has 0 unspecified atom stereocenters. The summed E-state index contributed by atoms with van der Waals surface area (Å²) < 4.78 is 17.1. The summed E-state index contributed by atoms with van der Waals surface area (Å²) in [6.07, 6.45) is -0.494. The van der Waals surface area contributed by atoms with Gasteiger partial charge >= 0.3 is 12.2 Å². The summed E-state index contributed by atoms with van der Waals surface area (Å²) in [4.78, 5) is 43.4. The number of anilines is 1. The van der Waals surface area contributed by atoms with Crippen LogP contribution in [0, 0.1) is 11.3 Å². The lowest BCUT2D eigenvalue weighted by Gasteiger charge is -2.35. The Kier molecular flexibility index (Phi) is 9.99.